The lowest BCUT2D eigenvalue weighted by molar-refractivity contribution is 0.299. The van der Waals surface area contributed by atoms with Crippen LogP contribution in [0, 0.1) is 11.3 Å². The summed E-state index contributed by atoms with van der Waals surface area (Å²) in [5.74, 6) is 0.729. The summed E-state index contributed by atoms with van der Waals surface area (Å²) in [6.07, 6.45) is 1.22. The van der Waals surface area contributed by atoms with Gasteiger partial charge in [0.05, 0.1) is 22.8 Å². The van der Waals surface area contributed by atoms with E-state index in [2.05, 4.69) is 11.2 Å². The van der Waals surface area contributed by atoms with Crippen LogP contribution in [0.3, 0.4) is 0 Å². The number of thiazole rings is 1. The molecule has 1 aromatic heterocycles. The molecule has 0 unspecified atom stereocenters. The van der Waals surface area contributed by atoms with E-state index in [0.717, 1.165) is 50.4 Å². The number of hydrogen-bond donors (Lipinski definition) is 1. The fourth-order valence-electron chi connectivity index (χ4n) is 3.51. The number of rotatable bonds is 8. The quantitative estimate of drug-likeness (QED) is 0.240. The summed E-state index contributed by atoms with van der Waals surface area (Å²) in [5, 5.41) is 21.7. The molecule has 160 valence electrons. The predicted octanol–water partition coefficient (Wildman–Crippen LogP) is 4.82. The highest BCUT2D eigenvalue weighted by molar-refractivity contribution is 7.16. The zero-order valence-corrected chi connectivity index (χ0v) is 18.1. The van der Waals surface area contributed by atoms with Gasteiger partial charge in [0.15, 0.2) is 0 Å². The first-order valence-electron chi connectivity index (χ1n) is 10.2. The van der Waals surface area contributed by atoms with Gasteiger partial charge in [0.1, 0.15) is 18.1 Å². The Morgan fingerprint density at radius 1 is 1.06 bits per heavy atom. The summed E-state index contributed by atoms with van der Waals surface area (Å²) in [4.78, 5) is 12.5. The highest BCUT2D eigenvalue weighted by atomic mass is 32.1. The first-order valence-corrected chi connectivity index (χ1v) is 11.0. The van der Waals surface area contributed by atoms with Crippen molar-refractivity contribution in [3.05, 3.63) is 99.2 Å². The van der Waals surface area contributed by atoms with Crippen LogP contribution in [0.25, 0.3) is 10.2 Å². The molecule has 0 aliphatic heterocycles. The lowest BCUT2D eigenvalue weighted by atomic mass is 10.0. The van der Waals surface area contributed by atoms with Crippen molar-refractivity contribution in [2.75, 3.05) is 6.61 Å². The lowest BCUT2D eigenvalue weighted by Crippen LogP contribution is -2.17. The highest BCUT2D eigenvalue weighted by Gasteiger charge is 2.12. The molecule has 32 heavy (non-hydrogen) atoms. The summed E-state index contributed by atoms with van der Waals surface area (Å²) in [7, 11) is 0. The molecule has 1 heterocycles. The van der Waals surface area contributed by atoms with Gasteiger partial charge in [0.25, 0.3) is 0 Å². The second-order valence-electron chi connectivity index (χ2n) is 7.17. The number of nitriles is 1. The molecule has 3 aromatic carbocycles. The fraction of sp³-hybridized carbons (Fsp3) is 0.160. The minimum absolute atomic E-state index is 0.0604. The molecule has 7 heteroatoms. The maximum absolute atomic E-state index is 12.6. The largest absolute Gasteiger partial charge is 0.492 e. The SMILES string of the molecule is N#CCCc1ccc(OCCn2c(=O)sc3cc(C(=NO)c4ccccc4)ccc32)cc1. The Balaban J connectivity index is 1.48. The van der Waals surface area contributed by atoms with Gasteiger partial charge in [-0.3, -0.25) is 9.36 Å². The van der Waals surface area contributed by atoms with Gasteiger partial charge in [0.2, 0.25) is 0 Å². The molecular formula is C25H21N3O3S. The number of oxime groups is 1. The molecule has 0 saturated carbocycles. The molecule has 0 fully saturated rings. The van der Waals surface area contributed by atoms with Gasteiger partial charge in [-0.2, -0.15) is 5.26 Å². The predicted molar refractivity (Wildman–Crippen MR) is 126 cm³/mol. The molecule has 0 atom stereocenters. The van der Waals surface area contributed by atoms with Gasteiger partial charge in [-0.25, -0.2) is 0 Å². The maximum atomic E-state index is 12.6. The Labute approximate surface area is 189 Å². The van der Waals surface area contributed by atoms with Gasteiger partial charge in [-0.05, 0) is 36.2 Å². The van der Waals surface area contributed by atoms with Crippen molar-refractivity contribution in [1.82, 2.24) is 4.57 Å². The minimum Gasteiger partial charge on any atom is -0.492 e. The van der Waals surface area contributed by atoms with Crippen molar-refractivity contribution in [3.8, 4) is 11.8 Å². The van der Waals surface area contributed by atoms with Crippen LogP contribution in [0.2, 0.25) is 0 Å². The Morgan fingerprint density at radius 3 is 2.56 bits per heavy atom. The molecule has 0 aliphatic carbocycles. The molecule has 0 bridgehead atoms. The summed E-state index contributed by atoms with van der Waals surface area (Å²) < 4.78 is 8.33. The van der Waals surface area contributed by atoms with Crippen molar-refractivity contribution < 1.29 is 9.94 Å². The molecule has 4 rings (SSSR count). The van der Waals surface area contributed by atoms with Crippen LogP contribution >= 0.6 is 11.3 Å². The van der Waals surface area contributed by atoms with Crippen LogP contribution in [0.1, 0.15) is 23.1 Å². The normalized spacial score (nSPS) is 11.4. The molecule has 6 nitrogen and oxygen atoms in total. The van der Waals surface area contributed by atoms with Gasteiger partial charge in [-0.15, -0.1) is 0 Å². The number of nitrogens with zero attached hydrogens (tertiary/aromatic N) is 3. The summed E-state index contributed by atoms with van der Waals surface area (Å²) in [6, 6.07) is 24.8. The van der Waals surface area contributed by atoms with Gasteiger partial charge >= 0.3 is 4.87 Å². The average Bonchev–Trinajstić information content (AvgIpc) is 3.14. The Bertz CT molecular complexity index is 1330. The van der Waals surface area contributed by atoms with E-state index in [4.69, 9.17) is 10.00 Å². The highest BCUT2D eigenvalue weighted by Crippen LogP contribution is 2.22. The van der Waals surface area contributed by atoms with Gasteiger partial charge in [0, 0.05) is 17.5 Å². The number of hydrogen-bond acceptors (Lipinski definition) is 6. The van der Waals surface area contributed by atoms with E-state index < -0.39 is 0 Å². The van der Waals surface area contributed by atoms with E-state index >= 15 is 0 Å². The van der Waals surface area contributed by atoms with Crippen LogP contribution < -0.4 is 9.61 Å². The van der Waals surface area contributed by atoms with Crippen LogP contribution in [-0.2, 0) is 13.0 Å². The van der Waals surface area contributed by atoms with Gasteiger partial charge in [-0.1, -0.05) is 65.0 Å². The molecule has 0 spiro atoms. The van der Waals surface area contributed by atoms with E-state index in [0.29, 0.717) is 25.3 Å². The van der Waals surface area contributed by atoms with Crippen molar-refractivity contribution in [2.45, 2.75) is 19.4 Å². The first kappa shape index (κ1) is 21.3. The molecular weight excluding hydrogens is 422 g/mol. The molecule has 0 radical (unpaired) electrons. The fourth-order valence-corrected chi connectivity index (χ4v) is 4.47. The molecule has 1 N–H and O–H groups in total. The number of aromatic nitrogens is 1. The number of ether oxygens (including phenoxy) is 1. The second kappa shape index (κ2) is 9.94. The Kier molecular flexibility index (Phi) is 6.63. The smallest absolute Gasteiger partial charge is 0.308 e. The van der Waals surface area contributed by atoms with Crippen LogP contribution in [0.5, 0.6) is 5.75 Å². The van der Waals surface area contributed by atoms with Gasteiger partial charge < -0.3 is 9.94 Å². The monoisotopic (exact) mass is 443 g/mol. The lowest BCUT2D eigenvalue weighted by Gasteiger charge is -2.09. The summed E-state index contributed by atoms with van der Waals surface area (Å²) in [5.41, 5.74) is 3.92. The Morgan fingerprint density at radius 2 is 1.84 bits per heavy atom. The zero-order chi connectivity index (χ0) is 22.3. The van der Waals surface area contributed by atoms with E-state index in [1.807, 2.05) is 72.8 Å². The summed E-state index contributed by atoms with van der Waals surface area (Å²) in [6.45, 7) is 0.784. The Hall–Kier alpha value is -3.89. The third kappa shape index (κ3) is 4.71. The third-order valence-corrected chi connectivity index (χ3v) is 6.06. The van der Waals surface area contributed by atoms with Crippen molar-refractivity contribution >= 4 is 27.3 Å². The third-order valence-electron chi connectivity index (χ3n) is 5.12. The topological polar surface area (TPSA) is 87.6 Å². The number of fused-ring (bicyclic) bond motifs is 1. The van der Waals surface area contributed by atoms with Crippen molar-refractivity contribution in [1.29, 1.82) is 5.26 Å². The minimum atomic E-state index is -0.0604. The number of benzene rings is 3. The maximum Gasteiger partial charge on any atom is 0.308 e. The second-order valence-corrected chi connectivity index (χ2v) is 8.16. The van der Waals surface area contributed by atoms with E-state index in [9.17, 15) is 10.0 Å². The average molecular weight is 444 g/mol. The van der Waals surface area contributed by atoms with E-state index in [1.54, 1.807) is 4.57 Å². The van der Waals surface area contributed by atoms with E-state index in [-0.39, 0.29) is 4.87 Å². The molecule has 0 aliphatic rings. The standard InChI is InChI=1S/C25H21N3O3S/c26-14-4-5-18-8-11-21(12-9-18)31-16-15-28-22-13-10-20(17-23(22)32-25(28)29)24(27-30)19-6-2-1-3-7-19/h1-3,6-13,17,30H,4-5,15-16H2. The molecule has 4 aromatic rings. The zero-order valence-electron chi connectivity index (χ0n) is 17.3. The number of aryl methyl sites for hydroxylation is 1. The van der Waals surface area contributed by atoms with Crippen LogP contribution in [0.15, 0.2) is 82.7 Å². The van der Waals surface area contributed by atoms with E-state index in [1.165, 1.54) is 0 Å². The van der Waals surface area contributed by atoms with Crippen LogP contribution in [0.4, 0.5) is 0 Å². The molecule has 0 saturated heterocycles. The van der Waals surface area contributed by atoms with Crippen molar-refractivity contribution in [3.63, 3.8) is 0 Å². The summed E-state index contributed by atoms with van der Waals surface area (Å²) >= 11 is 1.16. The van der Waals surface area contributed by atoms with Crippen molar-refractivity contribution in [2.24, 2.45) is 5.16 Å². The molecule has 0 amide bonds. The first-order chi connectivity index (χ1) is 15.7. The van der Waals surface area contributed by atoms with Crippen LogP contribution in [-0.4, -0.2) is 22.1 Å².